The van der Waals surface area contributed by atoms with Gasteiger partial charge in [-0.15, -0.1) is 0 Å². The number of hydrogen-bond acceptors (Lipinski definition) is 2. The van der Waals surface area contributed by atoms with Gasteiger partial charge >= 0.3 is 0 Å². The number of halogens is 1. The second-order valence-electron chi connectivity index (χ2n) is 5.90. The first kappa shape index (κ1) is 13.9. The highest BCUT2D eigenvalue weighted by atomic mass is 35.5. The Morgan fingerprint density at radius 2 is 2.15 bits per heavy atom. The van der Waals surface area contributed by atoms with Crippen LogP contribution in [-0.2, 0) is 4.79 Å². The number of piperazine rings is 1. The predicted octanol–water partition coefficient (Wildman–Crippen LogP) is 2.86. The molecule has 1 aliphatic carbocycles. The number of carbonyl (C=O) groups excluding carboxylic acids is 1. The van der Waals surface area contributed by atoms with E-state index < -0.39 is 0 Å². The van der Waals surface area contributed by atoms with Crippen molar-refractivity contribution in [3.05, 3.63) is 34.9 Å². The fourth-order valence-corrected chi connectivity index (χ4v) is 3.31. The van der Waals surface area contributed by atoms with Crippen molar-refractivity contribution in [1.29, 1.82) is 0 Å². The number of nitrogens with zero attached hydrogens (tertiary/aromatic N) is 1. The first-order valence-corrected chi connectivity index (χ1v) is 7.82. The molecule has 1 saturated heterocycles. The average molecular weight is 293 g/mol. The molecule has 2 atom stereocenters. The highest BCUT2D eigenvalue weighted by molar-refractivity contribution is 6.31. The van der Waals surface area contributed by atoms with Gasteiger partial charge in [0.2, 0.25) is 5.91 Å². The second-order valence-corrected chi connectivity index (χ2v) is 6.31. The molecule has 1 aliphatic heterocycles. The van der Waals surface area contributed by atoms with Crippen LogP contribution in [0.2, 0.25) is 5.02 Å². The van der Waals surface area contributed by atoms with Gasteiger partial charge in [-0.1, -0.05) is 36.7 Å². The summed E-state index contributed by atoms with van der Waals surface area (Å²) >= 11 is 6.32. The molecule has 0 bridgehead atoms. The van der Waals surface area contributed by atoms with Crippen LogP contribution in [0.3, 0.4) is 0 Å². The molecule has 2 unspecified atom stereocenters. The van der Waals surface area contributed by atoms with Crippen molar-refractivity contribution in [1.82, 2.24) is 10.2 Å². The zero-order chi connectivity index (χ0) is 14.1. The summed E-state index contributed by atoms with van der Waals surface area (Å²) in [6.45, 7) is 4.49. The Kier molecular flexibility index (Phi) is 3.99. The molecule has 0 radical (unpaired) electrons. The second kappa shape index (κ2) is 5.74. The van der Waals surface area contributed by atoms with Crippen LogP contribution in [0.15, 0.2) is 24.3 Å². The predicted molar refractivity (Wildman–Crippen MR) is 80.7 cm³/mol. The Balaban J connectivity index is 1.83. The lowest BCUT2D eigenvalue weighted by atomic mass is 9.98. The van der Waals surface area contributed by atoms with Crippen molar-refractivity contribution in [3.8, 4) is 0 Å². The highest BCUT2D eigenvalue weighted by Gasteiger charge is 2.38. The molecule has 1 aromatic rings. The maximum absolute atomic E-state index is 12.7. The van der Waals surface area contributed by atoms with Gasteiger partial charge in [-0.3, -0.25) is 4.79 Å². The Bertz CT molecular complexity index is 501. The third-order valence-electron chi connectivity index (χ3n) is 4.51. The SMILES string of the molecule is CC(C(=O)N1CCNCC1c1ccccc1Cl)C1CC1. The molecule has 1 amide bonds. The van der Waals surface area contributed by atoms with Crippen molar-refractivity contribution in [2.24, 2.45) is 11.8 Å². The van der Waals surface area contributed by atoms with Gasteiger partial charge in [0.05, 0.1) is 6.04 Å². The molecular formula is C16H21ClN2O. The van der Waals surface area contributed by atoms with Crippen molar-refractivity contribution in [2.75, 3.05) is 19.6 Å². The lowest BCUT2D eigenvalue weighted by molar-refractivity contribution is -0.139. The van der Waals surface area contributed by atoms with E-state index in [4.69, 9.17) is 11.6 Å². The lowest BCUT2D eigenvalue weighted by Crippen LogP contribution is -2.50. The molecule has 1 heterocycles. The molecule has 3 rings (SSSR count). The number of rotatable bonds is 3. The molecule has 2 aliphatic rings. The summed E-state index contributed by atoms with van der Waals surface area (Å²) < 4.78 is 0. The fourth-order valence-electron chi connectivity index (χ4n) is 3.05. The maximum Gasteiger partial charge on any atom is 0.226 e. The van der Waals surface area contributed by atoms with E-state index in [2.05, 4.69) is 12.2 Å². The van der Waals surface area contributed by atoms with E-state index >= 15 is 0 Å². The van der Waals surface area contributed by atoms with Crippen molar-refractivity contribution in [3.63, 3.8) is 0 Å². The fraction of sp³-hybridized carbons (Fsp3) is 0.562. The molecule has 108 valence electrons. The molecule has 3 nitrogen and oxygen atoms in total. The normalized spacial score (nSPS) is 24.5. The molecule has 20 heavy (non-hydrogen) atoms. The molecular weight excluding hydrogens is 272 g/mol. The Hall–Kier alpha value is -1.06. The van der Waals surface area contributed by atoms with Gasteiger partial charge in [0.15, 0.2) is 0 Å². The van der Waals surface area contributed by atoms with Gasteiger partial charge in [0, 0.05) is 30.6 Å². The lowest BCUT2D eigenvalue weighted by Gasteiger charge is -2.38. The average Bonchev–Trinajstić information content (AvgIpc) is 3.31. The largest absolute Gasteiger partial charge is 0.333 e. The van der Waals surface area contributed by atoms with Gasteiger partial charge in [-0.05, 0) is 30.4 Å². The summed E-state index contributed by atoms with van der Waals surface area (Å²) in [5, 5.41) is 4.12. The zero-order valence-electron chi connectivity index (χ0n) is 11.8. The highest BCUT2D eigenvalue weighted by Crippen LogP contribution is 2.39. The molecule has 1 N–H and O–H groups in total. The van der Waals surface area contributed by atoms with E-state index in [9.17, 15) is 4.79 Å². The van der Waals surface area contributed by atoms with Crippen molar-refractivity contribution < 1.29 is 4.79 Å². The van der Waals surface area contributed by atoms with E-state index in [0.29, 0.717) is 11.8 Å². The van der Waals surface area contributed by atoms with E-state index in [0.717, 1.165) is 30.2 Å². The molecule has 1 saturated carbocycles. The van der Waals surface area contributed by atoms with Gasteiger partial charge < -0.3 is 10.2 Å². The Morgan fingerprint density at radius 3 is 2.85 bits per heavy atom. The number of benzene rings is 1. The Morgan fingerprint density at radius 1 is 1.40 bits per heavy atom. The number of amides is 1. The summed E-state index contributed by atoms with van der Waals surface area (Å²) in [4.78, 5) is 14.8. The molecule has 0 aromatic heterocycles. The van der Waals surface area contributed by atoms with Gasteiger partial charge in [0.25, 0.3) is 0 Å². The summed E-state index contributed by atoms with van der Waals surface area (Å²) in [6.07, 6.45) is 2.41. The van der Waals surface area contributed by atoms with Crippen LogP contribution in [0.1, 0.15) is 31.4 Å². The van der Waals surface area contributed by atoms with Crippen LogP contribution in [0.25, 0.3) is 0 Å². The summed E-state index contributed by atoms with van der Waals surface area (Å²) in [7, 11) is 0. The van der Waals surface area contributed by atoms with E-state index in [1.165, 1.54) is 12.8 Å². The Labute approximate surface area is 125 Å². The van der Waals surface area contributed by atoms with Crippen LogP contribution in [0.5, 0.6) is 0 Å². The quantitative estimate of drug-likeness (QED) is 0.929. The van der Waals surface area contributed by atoms with Crippen LogP contribution >= 0.6 is 11.6 Å². The van der Waals surface area contributed by atoms with Gasteiger partial charge in [-0.2, -0.15) is 0 Å². The topological polar surface area (TPSA) is 32.3 Å². The zero-order valence-corrected chi connectivity index (χ0v) is 12.6. The molecule has 4 heteroatoms. The minimum atomic E-state index is 0.0613. The summed E-state index contributed by atoms with van der Waals surface area (Å²) in [5.74, 6) is 1.04. The minimum Gasteiger partial charge on any atom is -0.333 e. The van der Waals surface area contributed by atoms with Crippen LogP contribution in [0, 0.1) is 11.8 Å². The smallest absolute Gasteiger partial charge is 0.226 e. The van der Waals surface area contributed by atoms with E-state index in [1.54, 1.807) is 0 Å². The first-order valence-electron chi connectivity index (χ1n) is 7.44. The number of nitrogens with one attached hydrogen (secondary N) is 1. The van der Waals surface area contributed by atoms with E-state index in [1.807, 2.05) is 29.2 Å². The van der Waals surface area contributed by atoms with Crippen LogP contribution in [0.4, 0.5) is 0 Å². The molecule has 2 fully saturated rings. The van der Waals surface area contributed by atoms with Crippen molar-refractivity contribution >= 4 is 17.5 Å². The maximum atomic E-state index is 12.7. The minimum absolute atomic E-state index is 0.0613. The monoisotopic (exact) mass is 292 g/mol. The third kappa shape index (κ3) is 2.70. The van der Waals surface area contributed by atoms with E-state index in [-0.39, 0.29) is 12.0 Å². The number of carbonyl (C=O) groups is 1. The summed E-state index contributed by atoms with van der Waals surface area (Å²) in [5.41, 5.74) is 1.05. The van der Waals surface area contributed by atoms with Crippen LogP contribution < -0.4 is 5.32 Å². The molecule has 0 spiro atoms. The summed E-state index contributed by atoms with van der Waals surface area (Å²) in [6, 6.07) is 7.91. The number of hydrogen-bond donors (Lipinski definition) is 1. The van der Waals surface area contributed by atoms with Gasteiger partial charge in [-0.25, -0.2) is 0 Å². The standard InChI is InChI=1S/C16H21ClN2O/c1-11(12-6-7-12)16(20)19-9-8-18-10-15(19)13-4-2-3-5-14(13)17/h2-5,11-12,15,18H,6-10H2,1H3. The van der Waals surface area contributed by atoms with Gasteiger partial charge in [0.1, 0.15) is 0 Å². The molecule has 1 aromatic carbocycles. The first-order chi connectivity index (χ1) is 9.68. The van der Waals surface area contributed by atoms with Crippen LogP contribution in [-0.4, -0.2) is 30.4 Å². The van der Waals surface area contributed by atoms with Crippen molar-refractivity contribution in [2.45, 2.75) is 25.8 Å². The third-order valence-corrected chi connectivity index (χ3v) is 4.85.